The minimum Gasteiger partial charge on any atom is -0.464 e. The molecule has 0 N–H and O–H groups in total. The van der Waals surface area contributed by atoms with Crippen LogP contribution in [0.15, 0.2) is 42.6 Å². The van der Waals surface area contributed by atoms with E-state index in [0.29, 0.717) is 0 Å². The van der Waals surface area contributed by atoms with Gasteiger partial charge < -0.3 is 9.30 Å². The van der Waals surface area contributed by atoms with Crippen LogP contribution in [0.3, 0.4) is 0 Å². The molecule has 0 aliphatic heterocycles. The summed E-state index contributed by atoms with van der Waals surface area (Å²) in [4.78, 5) is 15.9. The Hall–Kier alpha value is -3.04. The molecular formula is C18H12F6N2O2. The number of rotatable bonds is 3. The molecule has 2 heterocycles. The maximum absolute atomic E-state index is 13.6. The highest BCUT2D eigenvalue weighted by Gasteiger charge is 2.42. The maximum Gasteiger partial charge on any atom is 0.420 e. The SMILES string of the molecule is COC(=O)c1c(C(F)(F)F)c2ncccc2n1Cc1cccc(C(F)(F)F)c1. The number of carbonyl (C=O) groups excluding carboxylic acids is 1. The second-order valence-corrected chi connectivity index (χ2v) is 5.87. The van der Waals surface area contributed by atoms with Gasteiger partial charge >= 0.3 is 18.3 Å². The van der Waals surface area contributed by atoms with Crippen molar-refractivity contribution in [2.45, 2.75) is 18.9 Å². The lowest BCUT2D eigenvalue weighted by molar-refractivity contribution is -0.138. The van der Waals surface area contributed by atoms with E-state index in [1.54, 1.807) is 0 Å². The van der Waals surface area contributed by atoms with E-state index in [1.165, 1.54) is 18.2 Å². The lowest BCUT2D eigenvalue weighted by Crippen LogP contribution is -2.18. The summed E-state index contributed by atoms with van der Waals surface area (Å²) in [6.45, 7) is -0.410. The molecule has 0 saturated carbocycles. The summed E-state index contributed by atoms with van der Waals surface area (Å²) in [7, 11) is 0.919. The van der Waals surface area contributed by atoms with Crippen molar-refractivity contribution in [2.75, 3.05) is 7.11 Å². The second-order valence-electron chi connectivity index (χ2n) is 5.87. The van der Waals surface area contributed by atoms with E-state index >= 15 is 0 Å². The molecule has 0 bridgehead atoms. The van der Waals surface area contributed by atoms with Gasteiger partial charge in [-0.2, -0.15) is 26.3 Å². The van der Waals surface area contributed by atoms with Gasteiger partial charge in [0.25, 0.3) is 0 Å². The number of esters is 1. The molecule has 3 rings (SSSR count). The highest BCUT2D eigenvalue weighted by Crippen LogP contribution is 2.39. The number of halogens is 6. The predicted octanol–water partition coefficient (Wildman–Crippen LogP) is 4.91. The van der Waals surface area contributed by atoms with Crippen LogP contribution >= 0.6 is 0 Å². The van der Waals surface area contributed by atoms with Gasteiger partial charge in [0.1, 0.15) is 16.8 Å². The Morgan fingerprint density at radius 2 is 1.79 bits per heavy atom. The number of fused-ring (bicyclic) bond motifs is 1. The van der Waals surface area contributed by atoms with Crippen molar-refractivity contribution in [1.29, 1.82) is 0 Å². The summed E-state index contributed by atoms with van der Waals surface area (Å²) in [5.41, 5.74) is -3.53. The fourth-order valence-electron chi connectivity index (χ4n) is 2.95. The van der Waals surface area contributed by atoms with Crippen LogP contribution in [0.5, 0.6) is 0 Å². The van der Waals surface area contributed by atoms with Gasteiger partial charge in [-0.1, -0.05) is 12.1 Å². The van der Waals surface area contributed by atoms with E-state index in [9.17, 15) is 31.1 Å². The zero-order chi connectivity index (χ0) is 20.7. The minimum absolute atomic E-state index is 0.0485. The molecule has 0 unspecified atom stereocenters. The third-order valence-electron chi connectivity index (χ3n) is 4.08. The third kappa shape index (κ3) is 3.54. The zero-order valence-electron chi connectivity index (χ0n) is 14.2. The molecule has 4 nitrogen and oxygen atoms in total. The van der Waals surface area contributed by atoms with E-state index < -0.39 is 47.2 Å². The summed E-state index contributed by atoms with van der Waals surface area (Å²) in [6.07, 6.45) is -8.40. The van der Waals surface area contributed by atoms with Crippen LogP contribution in [-0.2, 0) is 23.6 Å². The summed E-state index contributed by atoms with van der Waals surface area (Å²) >= 11 is 0. The molecule has 0 fully saturated rings. The van der Waals surface area contributed by atoms with Gasteiger partial charge in [0.05, 0.1) is 18.2 Å². The molecule has 1 aromatic carbocycles. The number of hydrogen-bond acceptors (Lipinski definition) is 3. The largest absolute Gasteiger partial charge is 0.464 e. The van der Waals surface area contributed by atoms with Crippen LogP contribution in [0.1, 0.15) is 27.2 Å². The summed E-state index contributed by atoms with van der Waals surface area (Å²) < 4.78 is 85.2. The summed E-state index contributed by atoms with van der Waals surface area (Å²) in [5, 5.41) is 0. The zero-order valence-corrected chi connectivity index (χ0v) is 14.2. The Kier molecular flexibility index (Phi) is 4.82. The van der Waals surface area contributed by atoms with Gasteiger partial charge in [-0.25, -0.2) is 4.79 Å². The Morgan fingerprint density at radius 1 is 1.07 bits per heavy atom. The summed E-state index contributed by atoms with van der Waals surface area (Å²) in [5.74, 6) is -1.27. The number of methoxy groups -OCH3 is 1. The standard InChI is InChI=1S/C18H12F6N2O2/c1-28-16(27)15-13(18(22,23)24)14-12(6-3-7-25-14)26(15)9-10-4-2-5-11(8-10)17(19,20)21/h2-8H,9H2,1H3. The first-order valence-electron chi connectivity index (χ1n) is 7.83. The molecule has 10 heteroatoms. The molecule has 148 valence electrons. The number of nitrogens with zero attached hydrogens (tertiary/aromatic N) is 2. The van der Waals surface area contributed by atoms with Gasteiger partial charge in [0, 0.05) is 12.7 Å². The number of aromatic nitrogens is 2. The molecule has 0 amide bonds. The molecule has 2 aromatic heterocycles. The Bertz CT molecular complexity index is 1040. The maximum atomic E-state index is 13.6. The highest BCUT2D eigenvalue weighted by atomic mass is 19.4. The van der Waals surface area contributed by atoms with E-state index in [2.05, 4.69) is 9.72 Å². The van der Waals surface area contributed by atoms with Crippen molar-refractivity contribution in [3.05, 3.63) is 65.0 Å². The van der Waals surface area contributed by atoms with Crippen molar-refractivity contribution in [3.8, 4) is 0 Å². The Balaban J connectivity index is 2.25. The molecule has 0 aliphatic rings. The van der Waals surface area contributed by atoms with Crippen LogP contribution in [0, 0.1) is 0 Å². The monoisotopic (exact) mass is 402 g/mol. The van der Waals surface area contributed by atoms with E-state index in [1.807, 2.05) is 0 Å². The Labute approximate surface area is 154 Å². The topological polar surface area (TPSA) is 44.1 Å². The minimum atomic E-state index is -4.92. The first kappa shape index (κ1) is 19.7. The van der Waals surface area contributed by atoms with Gasteiger partial charge in [-0.3, -0.25) is 4.98 Å². The van der Waals surface area contributed by atoms with Crippen LogP contribution in [0.4, 0.5) is 26.3 Å². The lowest BCUT2D eigenvalue weighted by Gasteiger charge is -2.13. The first-order chi connectivity index (χ1) is 13.0. The van der Waals surface area contributed by atoms with Crippen LogP contribution in [0.2, 0.25) is 0 Å². The van der Waals surface area contributed by atoms with Crippen LogP contribution in [0.25, 0.3) is 11.0 Å². The molecule has 0 radical (unpaired) electrons. The smallest absolute Gasteiger partial charge is 0.420 e. The van der Waals surface area contributed by atoms with Gasteiger partial charge in [-0.15, -0.1) is 0 Å². The normalized spacial score (nSPS) is 12.4. The molecule has 28 heavy (non-hydrogen) atoms. The van der Waals surface area contributed by atoms with Crippen molar-refractivity contribution >= 4 is 17.0 Å². The van der Waals surface area contributed by atoms with Crippen molar-refractivity contribution < 1.29 is 35.9 Å². The molecule has 0 saturated heterocycles. The van der Waals surface area contributed by atoms with Gasteiger partial charge in [0.2, 0.25) is 0 Å². The number of benzene rings is 1. The van der Waals surface area contributed by atoms with Crippen molar-refractivity contribution in [3.63, 3.8) is 0 Å². The first-order valence-corrected chi connectivity index (χ1v) is 7.83. The predicted molar refractivity (Wildman–Crippen MR) is 86.6 cm³/mol. The molecule has 3 aromatic rings. The van der Waals surface area contributed by atoms with E-state index in [-0.39, 0.29) is 11.1 Å². The van der Waals surface area contributed by atoms with Gasteiger partial charge in [-0.05, 0) is 29.8 Å². The number of pyridine rings is 1. The Morgan fingerprint density at radius 3 is 2.39 bits per heavy atom. The van der Waals surface area contributed by atoms with E-state index in [4.69, 9.17) is 0 Å². The average Bonchev–Trinajstić information content (AvgIpc) is 2.95. The fourth-order valence-corrected chi connectivity index (χ4v) is 2.95. The number of hydrogen-bond donors (Lipinski definition) is 0. The van der Waals surface area contributed by atoms with Crippen molar-refractivity contribution in [2.24, 2.45) is 0 Å². The molecule has 0 atom stereocenters. The van der Waals surface area contributed by atoms with Crippen LogP contribution < -0.4 is 0 Å². The summed E-state index contributed by atoms with van der Waals surface area (Å²) in [6, 6.07) is 6.80. The van der Waals surface area contributed by atoms with E-state index in [0.717, 1.165) is 36.1 Å². The fraction of sp³-hybridized carbons (Fsp3) is 0.222. The molecular weight excluding hydrogens is 390 g/mol. The molecule has 0 aliphatic carbocycles. The third-order valence-corrected chi connectivity index (χ3v) is 4.08. The van der Waals surface area contributed by atoms with Crippen molar-refractivity contribution in [1.82, 2.24) is 9.55 Å². The number of ether oxygens (including phenoxy) is 1. The number of alkyl halides is 6. The van der Waals surface area contributed by atoms with Crippen LogP contribution in [-0.4, -0.2) is 22.6 Å². The second kappa shape index (κ2) is 6.84. The van der Waals surface area contributed by atoms with Gasteiger partial charge in [0.15, 0.2) is 0 Å². The molecule has 0 spiro atoms. The number of carbonyl (C=O) groups is 1. The lowest BCUT2D eigenvalue weighted by atomic mass is 10.1. The highest BCUT2D eigenvalue weighted by molar-refractivity contribution is 5.98. The average molecular weight is 402 g/mol. The quantitative estimate of drug-likeness (QED) is 0.462.